The van der Waals surface area contributed by atoms with Crippen LogP contribution < -0.4 is 0 Å². The first-order chi connectivity index (χ1) is 8.05. The van der Waals surface area contributed by atoms with E-state index in [1.807, 2.05) is 13.8 Å². The van der Waals surface area contributed by atoms with E-state index in [0.717, 1.165) is 6.42 Å². The average Bonchev–Trinajstić information content (AvgIpc) is 2.42. The van der Waals surface area contributed by atoms with Crippen LogP contribution in [0.2, 0.25) is 0 Å². The first-order valence-corrected chi connectivity index (χ1v) is 6.74. The van der Waals surface area contributed by atoms with Crippen LogP contribution in [0.3, 0.4) is 0 Å². The van der Waals surface area contributed by atoms with Crippen molar-refractivity contribution in [3.05, 3.63) is 11.1 Å². The van der Waals surface area contributed by atoms with E-state index in [-0.39, 0.29) is 17.1 Å². The molecule has 0 aliphatic heterocycles. The van der Waals surface area contributed by atoms with Crippen molar-refractivity contribution in [3.8, 4) is 0 Å². The molecule has 2 aliphatic rings. The first-order valence-electron chi connectivity index (χ1n) is 6.74. The van der Waals surface area contributed by atoms with E-state index in [1.165, 1.54) is 0 Å². The fourth-order valence-corrected chi connectivity index (χ4v) is 3.57. The Morgan fingerprint density at radius 3 is 2.39 bits per heavy atom. The van der Waals surface area contributed by atoms with Gasteiger partial charge in [0.05, 0.1) is 11.7 Å². The van der Waals surface area contributed by atoms with Gasteiger partial charge in [-0.2, -0.15) is 0 Å². The van der Waals surface area contributed by atoms with E-state index < -0.39 is 11.7 Å². The Balaban J connectivity index is 2.63. The predicted molar refractivity (Wildman–Crippen MR) is 70.0 cm³/mol. The van der Waals surface area contributed by atoms with Gasteiger partial charge in [0, 0.05) is 12.0 Å². The number of ketones is 1. The average molecular weight is 252 g/mol. The van der Waals surface area contributed by atoms with Crippen LogP contribution in [0.15, 0.2) is 11.1 Å². The number of carbonyl (C=O) groups excluding carboxylic acids is 1. The summed E-state index contributed by atoms with van der Waals surface area (Å²) >= 11 is 0. The van der Waals surface area contributed by atoms with E-state index in [0.29, 0.717) is 23.5 Å². The van der Waals surface area contributed by atoms with Gasteiger partial charge in [0.2, 0.25) is 0 Å². The molecular weight excluding hydrogens is 228 g/mol. The van der Waals surface area contributed by atoms with Gasteiger partial charge in [-0.25, -0.2) is 0 Å². The summed E-state index contributed by atoms with van der Waals surface area (Å²) in [7, 11) is 0. The normalized spacial score (nSPS) is 35.9. The lowest BCUT2D eigenvalue weighted by Gasteiger charge is -2.44. The maximum Gasteiger partial charge on any atom is 0.159 e. The van der Waals surface area contributed by atoms with Crippen LogP contribution in [0.4, 0.5) is 0 Å². The maximum absolute atomic E-state index is 12.2. The smallest absolute Gasteiger partial charge is 0.159 e. The Kier molecular flexibility index (Phi) is 2.99. The van der Waals surface area contributed by atoms with Gasteiger partial charge in [-0.15, -0.1) is 0 Å². The minimum absolute atomic E-state index is 0.110. The van der Waals surface area contributed by atoms with Crippen LogP contribution in [0.5, 0.6) is 0 Å². The van der Waals surface area contributed by atoms with Crippen molar-refractivity contribution < 1.29 is 15.0 Å². The summed E-state index contributed by atoms with van der Waals surface area (Å²) in [5.41, 5.74) is -0.160. The molecule has 2 N–H and O–H groups in total. The highest BCUT2D eigenvalue weighted by Crippen LogP contribution is 2.52. The van der Waals surface area contributed by atoms with E-state index in [9.17, 15) is 15.0 Å². The summed E-state index contributed by atoms with van der Waals surface area (Å²) < 4.78 is 0. The lowest BCUT2D eigenvalue weighted by Crippen LogP contribution is -2.46. The Hall–Kier alpha value is -0.670. The van der Waals surface area contributed by atoms with Crippen LogP contribution in [0.1, 0.15) is 47.5 Å². The predicted octanol–water partition coefficient (Wildman–Crippen LogP) is 2.07. The van der Waals surface area contributed by atoms with Gasteiger partial charge < -0.3 is 10.2 Å². The van der Waals surface area contributed by atoms with Crippen molar-refractivity contribution in [3.63, 3.8) is 0 Å². The topological polar surface area (TPSA) is 57.5 Å². The van der Waals surface area contributed by atoms with E-state index >= 15 is 0 Å². The van der Waals surface area contributed by atoms with Crippen molar-refractivity contribution in [2.75, 3.05) is 0 Å². The fraction of sp³-hybridized carbons (Fsp3) is 0.800. The standard InChI is InChI=1S/C15H24O3/c1-8-6-10(16)11-9(8)7-14(2,3)13(17)12(11)15(4,5)18/h8-9,13,17-18H,6-7H2,1-5H3/t8-,9+,13-/m1/s1. The summed E-state index contributed by atoms with van der Waals surface area (Å²) in [6, 6.07) is 0. The molecule has 0 aromatic rings. The molecule has 3 nitrogen and oxygen atoms in total. The molecule has 0 radical (unpaired) electrons. The van der Waals surface area contributed by atoms with Crippen LogP contribution in [-0.4, -0.2) is 27.7 Å². The molecule has 0 amide bonds. The van der Waals surface area contributed by atoms with Crippen molar-refractivity contribution in [2.24, 2.45) is 17.3 Å². The van der Waals surface area contributed by atoms with Crippen LogP contribution in [-0.2, 0) is 4.79 Å². The second kappa shape index (κ2) is 3.91. The second-order valence-corrected chi connectivity index (χ2v) is 7.19. The zero-order valence-corrected chi connectivity index (χ0v) is 11.9. The van der Waals surface area contributed by atoms with E-state index in [1.54, 1.807) is 13.8 Å². The van der Waals surface area contributed by atoms with Gasteiger partial charge in [0.15, 0.2) is 5.78 Å². The van der Waals surface area contributed by atoms with Crippen LogP contribution in [0.25, 0.3) is 0 Å². The third kappa shape index (κ3) is 1.94. The summed E-state index contributed by atoms with van der Waals surface area (Å²) in [5, 5.41) is 20.8. The summed E-state index contributed by atoms with van der Waals surface area (Å²) in [6.07, 6.45) is 0.622. The van der Waals surface area contributed by atoms with E-state index in [2.05, 4.69) is 6.92 Å². The third-order valence-electron chi connectivity index (χ3n) is 4.57. The van der Waals surface area contributed by atoms with Crippen molar-refractivity contribution in [2.45, 2.75) is 59.2 Å². The highest BCUT2D eigenvalue weighted by atomic mass is 16.3. The molecule has 0 heterocycles. The number of aliphatic hydroxyl groups excluding tert-OH is 1. The maximum atomic E-state index is 12.2. The number of fused-ring (bicyclic) bond motifs is 1. The molecule has 3 atom stereocenters. The monoisotopic (exact) mass is 252 g/mol. The highest BCUT2D eigenvalue weighted by molar-refractivity contribution is 6.00. The number of Topliss-reactive ketones (excluding diaryl/α,β-unsaturated/α-hetero) is 1. The molecule has 2 rings (SSSR count). The molecular formula is C15H24O3. The van der Waals surface area contributed by atoms with E-state index in [4.69, 9.17) is 0 Å². The van der Waals surface area contributed by atoms with Gasteiger partial charge in [0.1, 0.15) is 0 Å². The summed E-state index contributed by atoms with van der Waals surface area (Å²) in [5.74, 6) is 0.619. The Labute approximate surface area is 109 Å². The lowest BCUT2D eigenvalue weighted by atomic mass is 9.63. The highest BCUT2D eigenvalue weighted by Gasteiger charge is 2.51. The molecule has 1 saturated carbocycles. The summed E-state index contributed by atoms with van der Waals surface area (Å²) in [6.45, 7) is 9.43. The zero-order chi connectivity index (χ0) is 13.9. The molecule has 2 aliphatic carbocycles. The van der Waals surface area contributed by atoms with Crippen molar-refractivity contribution in [1.29, 1.82) is 0 Å². The molecule has 0 unspecified atom stereocenters. The van der Waals surface area contributed by atoms with Gasteiger partial charge in [0.25, 0.3) is 0 Å². The third-order valence-corrected chi connectivity index (χ3v) is 4.57. The van der Waals surface area contributed by atoms with Crippen molar-refractivity contribution in [1.82, 2.24) is 0 Å². The fourth-order valence-electron chi connectivity index (χ4n) is 3.57. The quantitative estimate of drug-likeness (QED) is 0.751. The Morgan fingerprint density at radius 2 is 1.89 bits per heavy atom. The van der Waals surface area contributed by atoms with Gasteiger partial charge in [-0.1, -0.05) is 20.8 Å². The minimum atomic E-state index is -1.13. The molecule has 1 fully saturated rings. The molecule has 18 heavy (non-hydrogen) atoms. The molecule has 0 spiro atoms. The largest absolute Gasteiger partial charge is 0.388 e. The number of hydrogen-bond donors (Lipinski definition) is 2. The minimum Gasteiger partial charge on any atom is -0.388 e. The van der Waals surface area contributed by atoms with Gasteiger partial charge >= 0.3 is 0 Å². The number of carbonyl (C=O) groups is 1. The van der Waals surface area contributed by atoms with Gasteiger partial charge in [-0.05, 0) is 43.1 Å². The lowest BCUT2D eigenvalue weighted by molar-refractivity contribution is -0.115. The molecule has 0 aromatic carbocycles. The molecule has 0 aromatic heterocycles. The first kappa shape index (κ1) is 13.8. The van der Waals surface area contributed by atoms with Crippen LogP contribution >= 0.6 is 0 Å². The molecule has 3 heteroatoms. The molecule has 102 valence electrons. The summed E-state index contributed by atoms with van der Waals surface area (Å²) in [4.78, 5) is 12.2. The Morgan fingerprint density at radius 1 is 1.33 bits per heavy atom. The second-order valence-electron chi connectivity index (χ2n) is 7.19. The molecule has 0 bridgehead atoms. The molecule has 0 saturated heterocycles. The number of aliphatic hydroxyl groups is 2. The SMILES string of the molecule is C[C@@H]1CC(=O)C2=C(C(C)(C)O)[C@@H](O)C(C)(C)C[C@H]21. The number of hydrogen-bond acceptors (Lipinski definition) is 3. The number of rotatable bonds is 1. The Bertz CT molecular complexity index is 412. The van der Waals surface area contributed by atoms with Crippen LogP contribution in [0, 0.1) is 17.3 Å². The van der Waals surface area contributed by atoms with Crippen molar-refractivity contribution >= 4 is 5.78 Å². The number of allylic oxidation sites excluding steroid dienone is 1. The van der Waals surface area contributed by atoms with Gasteiger partial charge in [-0.3, -0.25) is 4.79 Å². The zero-order valence-electron chi connectivity index (χ0n) is 11.9.